The second kappa shape index (κ2) is 6.24. The van der Waals surface area contributed by atoms with Gasteiger partial charge in [-0.15, -0.1) is 0 Å². The molecule has 6 nitrogen and oxygen atoms in total. The van der Waals surface area contributed by atoms with Gasteiger partial charge in [0.15, 0.2) is 0 Å². The van der Waals surface area contributed by atoms with E-state index in [2.05, 4.69) is 4.72 Å². The van der Waals surface area contributed by atoms with Crippen LogP contribution in [0.3, 0.4) is 0 Å². The highest BCUT2D eigenvalue weighted by Gasteiger charge is 2.52. The molecular formula is C16H26BNO5S. The van der Waals surface area contributed by atoms with Crippen LogP contribution in [0.25, 0.3) is 0 Å². The average molecular weight is 355 g/mol. The van der Waals surface area contributed by atoms with E-state index in [0.717, 1.165) is 0 Å². The number of sulfonamides is 1. The summed E-state index contributed by atoms with van der Waals surface area (Å²) in [4.78, 5) is 0. The lowest BCUT2D eigenvalue weighted by molar-refractivity contribution is 0.00578. The largest absolute Gasteiger partial charge is 0.498 e. The van der Waals surface area contributed by atoms with Crippen LogP contribution in [0.15, 0.2) is 18.2 Å². The number of rotatable bonds is 5. The third-order valence-electron chi connectivity index (χ3n) is 4.62. The van der Waals surface area contributed by atoms with Crippen molar-refractivity contribution in [3.05, 3.63) is 18.2 Å². The molecular weight excluding hydrogens is 329 g/mol. The van der Waals surface area contributed by atoms with Crippen molar-refractivity contribution in [3.63, 3.8) is 0 Å². The molecule has 1 aliphatic rings. The van der Waals surface area contributed by atoms with Crippen LogP contribution in [0, 0.1) is 0 Å². The normalized spacial score (nSPS) is 19.6. The molecule has 134 valence electrons. The number of ether oxygens (including phenoxy) is 1. The Hall–Kier alpha value is -1.25. The highest BCUT2D eigenvalue weighted by molar-refractivity contribution is 7.93. The van der Waals surface area contributed by atoms with Gasteiger partial charge in [-0.2, -0.15) is 0 Å². The van der Waals surface area contributed by atoms with Crippen LogP contribution < -0.4 is 14.9 Å². The summed E-state index contributed by atoms with van der Waals surface area (Å²) in [6.07, 6.45) is 0. The summed E-state index contributed by atoms with van der Waals surface area (Å²) >= 11 is 0. The molecule has 1 heterocycles. The minimum absolute atomic E-state index is 0.453. The number of anilines is 1. The molecule has 0 aliphatic carbocycles. The van der Waals surface area contributed by atoms with E-state index in [1.165, 1.54) is 0 Å². The van der Waals surface area contributed by atoms with Crippen LogP contribution in [0.5, 0.6) is 5.75 Å². The maximum atomic E-state index is 12.1. The first kappa shape index (κ1) is 19.1. The fraction of sp³-hybridized carbons (Fsp3) is 0.625. The lowest BCUT2D eigenvalue weighted by Gasteiger charge is -2.32. The maximum Gasteiger partial charge on any atom is 0.498 e. The monoisotopic (exact) mass is 355 g/mol. The van der Waals surface area contributed by atoms with E-state index >= 15 is 0 Å². The molecule has 1 saturated heterocycles. The molecule has 8 heteroatoms. The molecule has 24 heavy (non-hydrogen) atoms. The first-order valence-electron chi connectivity index (χ1n) is 7.95. The van der Waals surface area contributed by atoms with Gasteiger partial charge in [-0.05, 0) is 59.7 Å². The maximum absolute atomic E-state index is 12.1. The van der Waals surface area contributed by atoms with Gasteiger partial charge in [-0.25, -0.2) is 8.42 Å². The fourth-order valence-corrected chi connectivity index (χ4v) is 2.93. The van der Waals surface area contributed by atoms with Crippen LogP contribution in [0.4, 0.5) is 5.69 Å². The van der Waals surface area contributed by atoms with Crippen molar-refractivity contribution in [2.75, 3.05) is 11.8 Å². The Morgan fingerprint density at radius 3 is 2.12 bits per heavy atom. The van der Waals surface area contributed by atoms with E-state index in [0.29, 0.717) is 16.9 Å². The molecule has 0 saturated carbocycles. The molecule has 0 bridgehead atoms. The van der Waals surface area contributed by atoms with E-state index in [-0.39, 0.29) is 0 Å². The third-order valence-corrected chi connectivity index (χ3v) is 6.38. The SMILES string of the molecule is COc1ccc(NS(=O)(=O)C(C)C)cc1B1OC(C)(C)C(C)(C)O1. The molecule has 1 aromatic rings. The van der Waals surface area contributed by atoms with Crippen molar-refractivity contribution in [1.82, 2.24) is 0 Å². The van der Waals surface area contributed by atoms with Gasteiger partial charge in [0.2, 0.25) is 10.0 Å². The second-order valence-corrected chi connectivity index (χ2v) is 9.48. The van der Waals surface area contributed by atoms with Crippen LogP contribution >= 0.6 is 0 Å². The van der Waals surface area contributed by atoms with Gasteiger partial charge in [0.1, 0.15) is 5.75 Å². The summed E-state index contributed by atoms with van der Waals surface area (Å²) in [7, 11) is -2.50. The molecule has 0 spiro atoms. The minimum atomic E-state index is -3.43. The summed E-state index contributed by atoms with van der Waals surface area (Å²) < 4.78 is 44.2. The zero-order chi connectivity index (χ0) is 18.3. The van der Waals surface area contributed by atoms with Crippen molar-refractivity contribution in [3.8, 4) is 5.75 Å². The summed E-state index contributed by atoms with van der Waals surface area (Å²) in [5.41, 5.74) is 0.126. The molecule has 0 radical (unpaired) electrons. The molecule has 0 atom stereocenters. The van der Waals surface area contributed by atoms with Crippen LogP contribution in [0.2, 0.25) is 0 Å². The molecule has 1 fully saturated rings. The molecule has 0 amide bonds. The van der Waals surface area contributed by atoms with E-state index in [1.807, 2.05) is 27.7 Å². The quantitative estimate of drug-likeness (QED) is 0.820. The Bertz CT molecular complexity index is 699. The molecule has 1 aliphatic heterocycles. The van der Waals surface area contributed by atoms with Crippen LogP contribution in [0.1, 0.15) is 41.5 Å². The topological polar surface area (TPSA) is 73.9 Å². The zero-order valence-corrected chi connectivity index (χ0v) is 16.2. The van der Waals surface area contributed by atoms with Gasteiger partial charge >= 0.3 is 7.12 Å². The van der Waals surface area contributed by atoms with Crippen molar-refractivity contribution < 1.29 is 22.5 Å². The summed E-state index contributed by atoms with van der Waals surface area (Å²) in [5.74, 6) is 0.584. The summed E-state index contributed by atoms with van der Waals surface area (Å²) in [6.45, 7) is 11.1. The highest BCUT2D eigenvalue weighted by Crippen LogP contribution is 2.37. The number of hydrogen-bond donors (Lipinski definition) is 1. The van der Waals surface area contributed by atoms with Crippen molar-refractivity contribution >= 4 is 28.3 Å². The predicted octanol–water partition coefficient (Wildman–Crippen LogP) is 2.14. The predicted molar refractivity (Wildman–Crippen MR) is 96.4 cm³/mol. The Morgan fingerprint density at radius 1 is 1.12 bits per heavy atom. The molecule has 2 rings (SSSR count). The second-order valence-electron chi connectivity index (χ2n) is 7.24. The lowest BCUT2D eigenvalue weighted by Crippen LogP contribution is -2.41. The van der Waals surface area contributed by atoms with Gasteiger partial charge in [0, 0.05) is 11.2 Å². The van der Waals surface area contributed by atoms with Gasteiger partial charge in [0.25, 0.3) is 0 Å². The Morgan fingerprint density at radius 2 is 1.67 bits per heavy atom. The number of hydrogen-bond acceptors (Lipinski definition) is 5. The Kier molecular flexibility index (Phi) is 4.96. The molecule has 0 aromatic heterocycles. The molecule has 0 unspecified atom stereocenters. The number of nitrogens with one attached hydrogen (secondary N) is 1. The molecule has 1 N–H and O–H groups in total. The van der Waals surface area contributed by atoms with Crippen LogP contribution in [-0.4, -0.2) is 39.1 Å². The van der Waals surface area contributed by atoms with Gasteiger partial charge in [-0.1, -0.05) is 0 Å². The first-order chi connectivity index (χ1) is 10.9. The fourth-order valence-electron chi connectivity index (χ4n) is 2.23. The van der Waals surface area contributed by atoms with E-state index in [1.54, 1.807) is 39.2 Å². The van der Waals surface area contributed by atoms with E-state index in [4.69, 9.17) is 14.0 Å². The van der Waals surface area contributed by atoms with E-state index < -0.39 is 33.6 Å². The smallest absolute Gasteiger partial charge is 0.497 e. The zero-order valence-electron chi connectivity index (χ0n) is 15.3. The first-order valence-corrected chi connectivity index (χ1v) is 9.49. The number of benzene rings is 1. The summed E-state index contributed by atoms with van der Waals surface area (Å²) in [5, 5.41) is -0.528. The molecule has 1 aromatic carbocycles. The van der Waals surface area contributed by atoms with Crippen molar-refractivity contribution in [2.24, 2.45) is 0 Å². The van der Waals surface area contributed by atoms with E-state index in [9.17, 15) is 8.42 Å². The van der Waals surface area contributed by atoms with Gasteiger partial charge in [0.05, 0.1) is 23.6 Å². The summed E-state index contributed by atoms with van der Waals surface area (Å²) in [6, 6.07) is 5.06. The van der Waals surface area contributed by atoms with Gasteiger partial charge < -0.3 is 14.0 Å². The minimum Gasteiger partial charge on any atom is -0.497 e. The highest BCUT2D eigenvalue weighted by atomic mass is 32.2. The lowest BCUT2D eigenvalue weighted by atomic mass is 9.78. The Balaban J connectivity index is 2.38. The number of methoxy groups -OCH3 is 1. The third kappa shape index (κ3) is 3.55. The Labute approximate surface area is 145 Å². The van der Waals surface area contributed by atoms with Gasteiger partial charge in [-0.3, -0.25) is 4.72 Å². The van der Waals surface area contributed by atoms with Crippen molar-refractivity contribution in [2.45, 2.75) is 58.0 Å². The van der Waals surface area contributed by atoms with Crippen LogP contribution in [-0.2, 0) is 19.3 Å². The standard InChI is InChI=1S/C16H26BNO5S/c1-11(2)24(19,20)18-12-8-9-14(21-7)13(10-12)17-22-15(3,4)16(5,6)23-17/h8-11,18H,1-7H3. The average Bonchev–Trinajstić information content (AvgIpc) is 2.66. The van der Waals surface area contributed by atoms with Crippen molar-refractivity contribution in [1.29, 1.82) is 0 Å².